The van der Waals surface area contributed by atoms with Crippen molar-refractivity contribution in [3.63, 3.8) is 0 Å². The lowest BCUT2D eigenvalue weighted by molar-refractivity contribution is 0.386. The van der Waals surface area contributed by atoms with Gasteiger partial charge in [-0.1, -0.05) is 34.1 Å². The lowest BCUT2D eigenvalue weighted by Gasteiger charge is -2.18. The first kappa shape index (κ1) is 16.0. The van der Waals surface area contributed by atoms with Gasteiger partial charge in [0.05, 0.1) is 7.11 Å². The maximum absolute atomic E-state index is 13.8. The summed E-state index contributed by atoms with van der Waals surface area (Å²) < 4.78 is 19.8. The summed E-state index contributed by atoms with van der Waals surface area (Å²) in [5, 5.41) is 3.29. The molecule has 1 atom stereocenters. The Bertz CT molecular complexity index is 630. The Labute approximate surface area is 133 Å². The molecule has 0 heterocycles. The van der Waals surface area contributed by atoms with Gasteiger partial charge in [0.15, 0.2) is 11.6 Å². The lowest BCUT2D eigenvalue weighted by atomic mass is 9.97. The van der Waals surface area contributed by atoms with Crippen LogP contribution in [0.1, 0.15) is 22.7 Å². The van der Waals surface area contributed by atoms with E-state index < -0.39 is 0 Å². The van der Waals surface area contributed by atoms with E-state index >= 15 is 0 Å². The fraction of sp³-hybridized carbons (Fsp3) is 0.294. The zero-order valence-electron chi connectivity index (χ0n) is 12.4. The molecule has 0 saturated heterocycles. The molecule has 2 aromatic rings. The molecule has 2 nitrogen and oxygen atoms in total. The smallest absolute Gasteiger partial charge is 0.165 e. The number of benzene rings is 2. The minimum Gasteiger partial charge on any atom is -0.494 e. The van der Waals surface area contributed by atoms with Gasteiger partial charge >= 0.3 is 0 Å². The van der Waals surface area contributed by atoms with Crippen molar-refractivity contribution >= 4 is 15.9 Å². The summed E-state index contributed by atoms with van der Waals surface area (Å²) in [5.74, 6) is -0.0453. The number of halogens is 2. The van der Waals surface area contributed by atoms with Gasteiger partial charge in [0.1, 0.15) is 0 Å². The standard InChI is InChI=1S/C17H19BrFNO/c1-11-8-13(5-6-14(11)18)16(20-2)10-12-4-7-17(21-3)15(19)9-12/h4-9,16,20H,10H2,1-3H3. The Kier molecular flexibility index (Phi) is 5.37. The number of hydrogen-bond donors (Lipinski definition) is 1. The molecule has 21 heavy (non-hydrogen) atoms. The number of methoxy groups -OCH3 is 1. The molecule has 2 aromatic carbocycles. The molecule has 0 saturated carbocycles. The van der Waals surface area contributed by atoms with E-state index in [-0.39, 0.29) is 17.6 Å². The number of rotatable bonds is 5. The molecule has 0 aliphatic rings. The third kappa shape index (κ3) is 3.83. The molecule has 1 unspecified atom stereocenters. The number of nitrogens with one attached hydrogen (secondary N) is 1. The van der Waals surface area contributed by atoms with Crippen LogP contribution in [0.5, 0.6) is 5.75 Å². The molecule has 0 amide bonds. The van der Waals surface area contributed by atoms with Crippen LogP contribution in [0, 0.1) is 12.7 Å². The first-order chi connectivity index (χ1) is 10.0. The molecule has 0 bridgehead atoms. The van der Waals surface area contributed by atoms with Crippen LogP contribution in [0.2, 0.25) is 0 Å². The van der Waals surface area contributed by atoms with E-state index in [9.17, 15) is 4.39 Å². The molecule has 112 valence electrons. The maximum atomic E-state index is 13.8. The summed E-state index contributed by atoms with van der Waals surface area (Å²) in [7, 11) is 3.39. The number of ether oxygens (including phenoxy) is 1. The molecule has 0 fully saturated rings. The van der Waals surface area contributed by atoms with Crippen LogP contribution in [-0.2, 0) is 6.42 Å². The molecule has 0 radical (unpaired) electrons. The summed E-state index contributed by atoms with van der Waals surface area (Å²) in [4.78, 5) is 0. The van der Waals surface area contributed by atoms with Crippen LogP contribution in [0.25, 0.3) is 0 Å². The predicted molar refractivity (Wildman–Crippen MR) is 87.3 cm³/mol. The van der Waals surface area contributed by atoms with Gasteiger partial charge in [0.25, 0.3) is 0 Å². The van der Waals surface area contributed by atoms with Crippen LogP contribution < -0.4 is 10.1 Å². The summed E-state index contributed by atoms with van der Waals surface area (Å²) in [6.45, 7) is 2.06. The summed E-state index contributed by atoms with van der Waals surface area (Å²) in [6.07, 6.45) is 0.721. The van der Waals surface area contributed by atoms with E-state index in [0.717, 1.165) is 16.5 Å². The summed E-state index contributed by atoms with van der Waals surface area (Å²) in [6, 6.07) is 11.5. The Morgan fingerprint density at radius 2 is 2.00 bits per heavy atom. The third-order valence-corrected chi connectivity index (χ3v) is 4.48. The highest BCUT2D eigenvalue weighted by molar-refractivity contribution is 9.10. The molecule has 1 N–H and O–H groups in total. The minimum absolute atomic E-state index is 0.143. The molecule has 0 aliphatic carbocycles. The first-order valence-electron chi connectivity index (χ1n) is 6.81. The lowest BCUT2D eigenvalue weighted by Crippen LogP contribution is -2.19. The van der Waals surface area contributed by atoms with Crippen molar-refractivity contribution in [2.45, 2.75) is 19.4 Å². The van der Waals surface area contributed by atoms with Crippen molar-refractivity contribution in [1.82, 2.24) is 5.32 Å². The Morgan fingerprint density at radius 1 is 1.24 bits per heavy atom. The van der Waals surface area contributed by atoms with E-state index in [1.165, 1.54) is 24.3 Å². The van der Waals surface area contributed by atoms with E-state index in [0.29, 0.717) is 0 Å². The summed E-state index contributed by atoms with van der Waals surface area (Å²) >= 11 is 3.51. The largest absolute Gasteiger partial charge is 0.494 e. The van der Waals surface area contributed by atoms with Crippen molar-refractivity contribution in [1.29, 1.82) is 0 Å². The zero-order chi connectivity index (χ0) is 15.4. The molecule has 0 aromatic heterocycles. The van der Waals surface area contributed by atoms with Gasteiger partial charge in [-0.25, -0.2) is 4.39 Å². The van der Waals surface area contributed by atoms with E-state index in [4.69, 9.17) is 4.74 Å². The number of hydrogen-bond acceptors (Lipinski definition) is 2. The highest BCUT2D eigenvalue weighted by atomic mass is 79.9. The van der Waals surface area contributed by atoms with Gasteiger partial charge in [-0.3, -0.25) is 0 Å². The van der Waals surface area contributed by atoms with Crippen molar-refractivity contribution < 1.29 is 9.13 Å². The number of aryl methyl sites for hydroxylation is 1. The SMILES string of the molecule is CNC(Cc1ccc(OC)c(F)c1)c1ccc(Br)c(C)c1. The third-order valence-electron chi connectivity index (χ3n) is 3.59. The second-order valence-electron chi connectivity index (χ2n) is 5.02. The molecular weight excluding hydrogens is 333 g/mol. The van der Waals surface area contributed by atoms with Crippen molar-refractivity contribution in [3.8, 4) is 5.75 Å². The van der Waals surface area contributed by atoms with E-state index in [2.05, 4.69) is 40.3 Å². The van der Waals surface area contributed by atoms with Gasteiger partial charge < -0.3 is 10.1 Å². The average Bonchev–Trinajstić information content (AvgIpc) is 2.48. The van der Waals surface area contributed by atoms with Gasteiger partial charge in [0.2, 0.25) is 0 Å². The van der Waals surface area contributed by atoms with E-state index in [1.807, 2.05) is 19.2 Å². The van der Waals surface area contributed by atoms with Crippen molar-refractivity contribution in [2.75, 3.05) is 14.2 Å². The van der Waals surface area contributed by atoms with Gasteiger partial charge in [-0.05, 0) is 55.3 Å². The van der Waals surface area contributed by atoms with Crippen LogP contribution >= 0.6 is 15.9 Å². The van der Waals surface area contributed by atoms with E-state index in [1.54, 1.807) is 6.07 Å². The minimum atomic E-state index is -0.322. The quantitative estimate of drug-likeness (QED) is 0.861. The predicted octanol–water partition coefficient (Wildman–Crippen LogP) is 4.41. The fourth-order valence-corrected chi connectivity index (χ4v) is 2.59. The zero-order valence-corrected chi connectivity index (χ0v) is 14.0. The topological polar surface area (TPSA) is 21.3 Å². The van der Waals surface area contributed by atoms with Crippen molar-refractivity contribution in [2.24, 2.45) is 0 Å². The van der Waals surface area contributed by atoms with Crippen molar-refractivity contribution in [3.05, 3.63) is 63.4 Å². The molecule has 4 heteroatoms. The van der Waals surface area contributed by atoms with Gasteiger partial charge in [-0.15, -0.1) is 0 Å². The van der Waals surface area contributed by atoms with Crippen LogP contribution in [-0.4, -0.2) is 14.2 Å². The van der Waals surface area contributed by atoms with Crippen LogP contribution in [0.15, 0.2) is 40.9 Å². The Balaban J connectivity index is 2.22. The maximum Gasteiger partial charge on any atom is 0.165 e. The molecule has 0 spiro atoms. The van der Waals surface area contributed by atoms with Crippen LogP contribution in [0.4, 0.5) is 4.39 Å². The first-order valence-corrected chi connectivity index (χ1v) is 7.60. The second-order valence-corrected chi connectivity index (χ2v) is 5.88. The summed E-state index contributed by atoms with van der Waals surface area (Å²) in [5.41, 5.74) is 3.32. The average molecular weight is 352 g/mol. The molecule has 0 aliphatic heterocycles. The normalized spacial score (nSPS) is 12.2. The number of likely N-dealkylation sites (N-methyl/N-ethyl adjacent to an activating group) is 1. The fourth-order valence-electron chi connectivity index (χ4n) is 2.34. The molecule has 2 rings (SSSR count). The van der Waals surface area contributed by atoms with Crippen LogP contribution in [0.3, 0.4) is 0 Å². The Hall–Kier alpha value is -1.39. The Morgan fingerprint density at radius 3 is 2.57 bits per heavy atom. The van der Waals surface area contributed by atoms with Gasteiger partial charge in [0, 0.05) is 10.5 Å². The monoisotopic (exact) mass is 351 g/mol. The van der Waals surface area contributed by atoms with Gasteiger partial charge in [-0.2, -0.15) is 0 Å². The highest BCUT2D eigenvalue weighted by Gasteiger charge is 2.13. The molecular formula is C17H19BrFNO. The highest BCUT2D eigenvalue weighted by Crippen LogP contribution is 2.25. The second kappa shape index (κ2) is 7.05.